The monoisotopic (exact) mass is 260 g/mol. The molecule has 0 saturated heterocycles. The van der Waals surface area contributed by atoms with E-state index >= 15 is 0 Å². The molecule has 1 aliphatic rings. The van der Waals surface area contributed by atoms with Crippen molar-refractivity contribution in [2.45, 2.75) is 25.9 Å². The quantitative estimate of drug-likeness (QED) is 0.815. The number of amides is 1. The minimum absolute atomic E-state index is 0.0983. The fourth-order valence-corrected chi connectivity index (χ4v) is 3.45. The smallest absolute Gasteiger partial charge is 0.223 e. The van der Waals surface area contributed by atoms with Crippen LogP contribution in [0.2, 0.25) is 0 Å². The van der Waals surface area contributed by atoms with Gasteiger partial charge in [-0.3, -0.25) is 4.79 Å². The van der Waals surface area contributed by atoms with Crippen LogP contribution in [0, 0.1) is 0 Å². The fourth-order valence-electron chi connectivity index (χ4n) is 2.60. The van der Waals surface area contributed by atoms with Crippen molar-refractivity contribution in [3.05, 3.63) is 46.4 Å². The van der Waals surface area contributed by atoms with Gasteiger partial charge in [0.05, 0.1) is 0 Å². The lowest BCUT2D eigenvalue weighted by Crippen LogP contribution is -2.41. The average molecular weight is 260 g/mol. The second-order valence-electron chi connectivity index (χ2n) is 4.49. The molecule has 2 aromatic heterocycles. The molecule has 0 unspecified atom stereocenters. The largest absolute Gasteiger partial charge is 0.347 e. The Morgan fingerprint density at radius 3 is 3.00 bits per heavy atom. The summed E-state index contributed by atoms with van der Waals surface area (Å²) in [7, 11) is 0. The maximum atomic E-state index is 12.1. The van der Waals surface area contributed by atoms with E-state index in [9.17, 15) is 4.79 Å². The molecule has 3 rings (SSSR count). The Labute approximate surface area is 111 Å². The first kappa shape index (κ1) is 11.5. The number of hydrogen-bond donors (Lipinski definition) is 0. The first-order valence-corrected chi connectivity index (χ1v) is 7.17. The molecule has 1 amide bonds. The van der Waals surface area contributed by atoms with E-state index in [4.69, 9.17) is 0 Å². The van der Waals surface area contributed by atoms with Crippen molar-refractivity contribution in [3.8, 4) is 0 Å². The molecular formula is C14H16N2OS. The van der Waals surface area contributed by atoms with Gasteiger partial charge in [0, 0.05) is 36.3 Å². The van der Waals surface area contributed by atoms with Gasteiger partial charge in [0.1, 0.15) is 6.04 Å². The van der Waals surface area contributed by atoms with Gasteiger partial charge in [-0.2, -0.15) is 0 Å². The molecular weight excluding hydrogens is 244 g/mol. The summed E-state index contributed by atoms with van der Waals surface area (Å²) in [6.07, 6.45) is 2.67. The van der Waals surface area contributed by atoms with E-state index in [-0.39, 0.29) is 11.9 Å². The van der Waals surface area contributed by atoms with Crippen LogP contribution in [-0.4, -0.2) is 21.9 Å². The Hall–Kier alpha value is -1.55. The third kappa shape index (κ3) is 1.77. The van der Waals surface area contributed by atoms with Crippen LogP contribution in [0.1, 0.15) is 30.0 Å². The number of rotatable bonds is 2. The second kappa shape index (κ2) is 4.61. The Kier molecular flexibility index (Phi) is 2.96. The standard InChI is InChI=1S/C14H16N2OS/c1-2-13(17)16-9-8-15-7-3-5-11(15)14(16)12-6-4-10-18-12/h3-7,10,14H,2,8-9H2,1H3/t14-/m0/s1. The highest BCUT2D eigenvalue weighted by molar-refractivity contribution is 7.10. The first-order valence-electron chi connectivity index (χ1n) is 6.29. The summed E-state index contributed by atoms with van der Waals surface area (Å²) in [5.41, 5.74) is 1.23. The molecule has 2 aromatic rings. The van der Waals surface area contributed by atoms with Gasteiger partial charge < -0.3 is 9.47 Å². The van der Waals surface area contributed by atoms with Crippen LogP contribution in [0.25, 0.3) is 0 Å². The lowest BCUT2D eigenvalue weighted by atomic mass is 10.1. The average Bonchev–Trinajstić information content (AvgIpc) is 3.07. The zero-order valence-corrected chi connectivity index (χ0v) is 11.2. The minimum Gasteiger partial charge on any atom is -0.347 e. The molecule has 0 spiro atoms. The predicted octanol–water partition coefficient (Wildman–Crippen LogP) is 2.89. The molecule has 3 nitrogen and oxygen atoms in total. The molecule has 18 heavy (non-hydrogen) atoms. The van der Waals surface area contributed by atoms with E-state index < -0.39 is 0 Å². The van der Waals surface area contributed by atoms with Crippen LogP contribution < -0.4 is 0 Å². The molecule has 0 fully saturated rings. The summed E-state index contributed by atoms with van der Waals surface area (Å²) in [4.78, 5) is 15.4. The summed E-state index contributed by atoms with van der Waals surface area (Å²) in [5.74, 6) is 0.237. The first-order chi connectivity index (χ1) is 8.81. The van der Waals surface area contributed by atoms with E-state index in [1.807, 2.05) is 11.8 Å². The zero-order chi connectivity index (χ0) is 12.5. The number of hydrogen-bond acceptors (Lipinski definition) is 2. The number of fused-ring (bicyclic) bond motifs is 1. The minimum atomic E-state index is 0.0983. The molecule has 1 aliphatic heterocycles. The van der Waals surface area contributed by atoms with Gasteiger partial charge in [-0.1, -0.05) is 13.0 Å². The highest BCUT2D eigenvalue weighted by Gasteiger charge is 2.31. The summed E-state index contributed by atoms with van der Waals surface area (Å²) in [6.45, 7) is 3.63. The summed E-state index contributed by atoms with van der Waals surface area (Å²) in [5, 5.41) is 2.08. The summed E-state index contributed by atoms with van der Waals surface area (Å²) < 4.78 is 2.25. The third-order valence-corrected chi connectivity index (χ3v) is 4.40. The van der Waals surface area contributed by atoms with E-state index in [0.717, 1.165) is 13.1 Å². The summed E-state index contributed by atoms with van der Waals surface area (Å²) in [6, 6.07) is 8.46. The van der Waals surface area contributed by atoms with Gasteiger partial charge in [0.25, 0.3) is 0 Å². The van der Waals surface area contributed by atoms with Crippen molar-refractivity contribution in [1.82, 2.24) is 9.47 Å². The molecule has 0 radical (unpaired) electrons. The van der Waals surface area contributed by atoms with Crippen LogP contribution in [0.5, 0.6) is 0 Å². The fraction of sp³-hybridized carbons (Fsp3) is 0.357. The number of aromatic nitrogens is 1. The van der Waals surface area contributed by atoms with Gasteiger partial charge in [0.2, 0.25) is 5.91 Å². The topological polar surface area (TPSA) is 25.2 Å². The molecule has 4 heteroatoms. The zero-order valence-electron chi connectivity index (χ0n) is 10.4. The maximum absolute atomic E-state index is 12.1. The Morgan fingerprint density at radius 2 is 2.28 bits per heavy atom. The SMILES string of the molecule is CCC(=O)N1CCn2cccc2[C@H]1c1cccs1. The highest BCUT2D eigenvalue weighted by Crippen LogP contribution is 2.35. The van der Waals surface area contributed by atoms with Gasteiger partial charge in [-0.05, 0) is 23.6 Å². The maximum Gasteiger partial charge on any atom is 0.223 e. The molecule has 1 atom stereocenters. The normalized spacial score (nSPS) is 18.7. The van der Waals surface area contributed by atoms with Gasteiger partial charge in [0.15, 0.2) is 0 Å². The van der Waals surface area contributed by atoms with Crippen LogP contribution in [0.4, 0.5) is 0 Å². The van der Waals surface area contributed by atoms with Crippen LogP contribution in [0.15, 0.2) is 35.8 Å². The number of carbonyl (C=O) groups excluding carboxylic acids is 1. The van der Waals surface area contributed by atoms with Crippen LogP contribution >= 0.6 is 11.3 Å². The molecule has 0 saturated carbocycles. The number of nitrogens with zero attached hydrogens (tertiary/aromatic N) is 2. The lowest BCUT2D eigenvalue weighted by Gasteiger charge is -2.36. The van der Waals surface area contributed by atoms with E-state index in [0.29, 0.717) is 6.42 Å². The molecule has 0 aliphatic carbocycles. The lowest BCUT2D eigenvalue weighted by molar-refractivity contribution is -0.133. The van der Waals surface area contributed by atoms with Crippen molar-refractivity contribution in [2.75, 3.05) is 6.54 Å². The van der Waals surface area contributed by atoms with Crippen LogP contribution in [-0.2, 0) is 11.3 Å². The van der Waals surface area contributed by atoms with E-state index in [2.05, 4.69) is 40.4 Å². The third-order valence-electron chi connectivity index (χ3n) is 3.47. The van der Waals surface area contributed by atoms with Crippen molar-refractivity contribution in [1.29, 1.82) is 0 Å². The predicted molar refractivity (Wildman–Crippen MR) is 72.6 cm³/mol. The Balaban J connectivity index is 2.05. The number of carbonyl (C=O) groups is 1. The highest BCUT2D eigenvalue weighted by atomic mass is 32.1. The van der Waals surface area contributed by atoms with Crippen molar-refractivity contribution < 1.29 is 4.79 Å². The van der Waals surface area contributed by atoms with E-state index in [1.54, 1.807) is 11.3 Å². The molecule has 0 aromatic carbocycles. The Bertz CT molecular complexity index is 544. The van der Waals surface area contributed by atoms with Crippen molar-refractivity contribution in [2.24, 2.45) is 0 Å². The van der Waals surface area contributed by atoms with Crippen LogP contribution in [0.3, 0.4) is 0 Å². The number of thiophene rings is 1. The Morgan fingerprint density at radius 1 is 1.39 bits per heavy atom. The van der Waals surface area contributed by atoms with E-state index in [1.165, 1.54) is 10.6 Å². The van der Waals surface area contributed by atoms with Gasteiger partial charge in [-0.15, -0.1) is 11.3 Å². The van der Waals surface area contributed by atoms with Gasteiger partial charge in [-0.25, -0.2) is 0 Å². The van der Waals surface area contributed by atoms with Crippen molar-refractivity contribution in [3.63, 3.8) is 0 Å². The molecule has 0 bridgehead atoms. The summed E-state index contributed by atoms with van der Waals surface area (Å²) >= 11 is 1.72. The molecule has 0 N–H and O–H groups in total. The van der Waals surface area contributed by atoms with Crippen molar-refractivity contribution >= 4 is 17.2 Å². The second-order valence-corrected chi connectivity index (χ2v) is 5.46. The molecule has 94 valence electrons. The van der Waals surface area contributed by atoms with Gasteiger partial charge >= 0.3 is 0 Å². The molecule has 3 heterocycles.